The molecule has 2 aromatic heterocycles. The number of furan rings is 1. The summed E-state index contributed by atoms with van der Waals surface area (Å²) in [7, 11) is 0. The molecule has 6 rings (SSSR count). The Morgan fingerprint density at radius 3 is 2.31 bits per heavy atom. The third kappa shape index (κ3) is 1.81. The van der Waals surface area contributed by atoms with Gasteiger partial charge in [0.2, 0.25) is 0 Å². The van der Waals surface area contributed by atoms with Gasteiger partial charge in [-0.15, -0.1) is 0 Å². The van der Waals surface area contributed by atoms with Gasteiger partial charge in [-0.05, 0) is 41.5 Å². The van der Waals surface area contributed by atoms with Crippen molar-refractivity contribution in [2.24, 2.45) is 0 Å². The van der Waals surface area contributed by atoms with E-state index in [1.807, 2.05) is 6.07 Å². The number of H-pyrrole nitrogens is 1. The minimum Gasteiger partial charge on any atom is -0.455 e. The number of benzene rings is 4. The summed E-state index contributed by atoms with van der Waals surface area (Å²) >= 11 is 0. The quantitative estimate of drug-likeness (QED) is 0.349. The summed E-state index contributed by atoms with van der Waals surface area (Å²) in [5, 5.41) is 4.69. The van der Waals surface area contributed by atoms with E-state index in [-0.39, 0.29) is 0 Å². The van der Waals surface area contributed by atoms with E-state index in [4.69, 9.17) is 4.42 Å². The van der Waals surface area contributed by atoms with E-state index < -0.39 is 0 Å². The average molecular weight is 333 g/mol. The van der Waals surface area contributed by atoms with Crippen molar-refractivity contribution in [3.8, 4) is 11.1 Å². The zero-order valence-electron chi connectivity index (χ0n) is 14.0. The van der Waals surface area contributed by atoms with Crippen molar-refractivity contribution in [3.05, 3.63) is 84.9 Å². The third-order valence-corrected chi connectivity index (χ3v) is 5.21. The molecule has 0 aliphatic rings. The lowest BCUT2D eigenvalue weighted by atomic mass is 10.0. The van der Waals surface area contributed by atoms with E-state index in [0.29, 0.717) is 0 Å². The van der Waals surface area contributed by atoms with Gasteiger partial charge in [-0.25, -0.2) is 0 Å². The molecular formula is C24H15NO. The van der Waals surface area contributed by atoms with Crippen LogP contribution in [0, 0.1) is 0 Å². The van der Waals surface area contributed by atoms with Crippen LogP contribution in [0.15, 0.2) is 89.3 Å². The van der Waals surface area contributed by atoms with Crippen LogP contribution in [-0.4, -0.2) is 4.98 Å². The minimum atomic E-state index is 0.930. The molecule has 2 nitrogen and oxygen atoms in total. The number of hydrogen-bond acceptors (Lipinski definition) is 1. The van der Waals surface area contributed by atoms with Crippen LogP contribution in [0.3, 0.4) is 0 Å². The van der Waals surface area contributed by atoms with Crippen LogP contribution in [0.2, 0.25) is 0 Å². The first kappa shape index (κ1) is 13.7. The van der Waals surface area contributed by atoms with Crippen LogP contribution in [0.4, 0.5) is 0 Å². The molecule has 0 saturated carbocycles. The van der Waals surface area contributed by atoms with Gasteiger partial charge in [-0.1, -0.05) is 54.6 Å². The number of aromatic nitrogens is 1. The molecule has 26 heavy (non-hydrogen) atoms. The van der Waals surface area contributed by atoms with Crippen LogP contribution in [0.25, 0.3) is 54.9 Å². The predicted molar refractivity (Wildman–Crippen MR) is 109 cm³/mol. The second-order valence-corrected chi connectivity index (χ2v) is 6.71. The fourth-order valence-corrected chi connectivity index (χ4v) is 3.98. The molecule has 0 atom stereocenters. The summed E-state index contributed by atoms with van der Waals surface area (Å²) in [6.07, 6.45) is 0. The van der Waals surface area contributed by atoms with Crippen molar-refractivity contribution in [3.63, 3.8) is 0 Å². The Bertz CT molecular complexity index is 1420. The lowest BCUT2D eigenvalue weighted by Crippen LogP contribution is -1.76. The van der Waals surface area contributed by atoms with Crippen molar-refractivity contribution < 1.29 is 4.42 Å². The van der Waals surface area contributed by atoms with Crippen molar-refractivity contribution in [1.82, 2.24) is 4.98 Å². The Labute approximate surface area is 149 Å². The van der Waals surface area contributed by atoms with Crippen molar-refractivity contribution in [2.75, 3.05) is 0 Å². The fourth-order valence-electron chi connectivity index (χ4n) is 3.98. The Hall–Kier alpha value is -3.52. The summed E-state index contributed by atoms with van der Waals surface area (Å²) in [5.74, 6) is 0. The number of rotatable bonds is 1. The molecule has 0 fully saturated rings. The van der Waals surface area contributed by atoms with Gasteiger partial charge in [0, 0.05) is 21.7 Å². The molecule has 0 saturated heterocycles. The van der Waals surface area contributed by atoms with E-state index in [1.165, 1.54) is 16.5 Å². The second kappa shape index (κ2) is 4.99. The highest BCUT2D eigenvalue weighted by atomic mass is 16.3. The maximum absolute atomic E-state index is 6.37. The largest absolute Gasteiger partial charge is 0.455 e. The Balaban J connectivity index is 1.72. The van der Waals surface area contributed by atoms with Crippen molar-refractivity contribution in [1.29, 1.82) is 0 Å². The molecule has 0 amide bonds. The summed E-state index contributed by atoms with van der Waals surface area (Å²) in [4.78, 5) is 3.49. The van der Waals surface area contributed by atoms with E-state index in [9.17, 15) is 0 Å². The van der Waals surface area contributed by atoms with Crippen molar-refractivity contribution in [2.45, 2.75) is 0 Å². The SMILES string of the molecule is c1ccc(-c2ccc3c(c2)oc2c3ccc3[nH]c4ccccc4c32)cc1. The maximum atomic E-state index is 6.37. The van der Waals surface area contributed by atoms with Gasteiger partial charge in [-0.3, -0.25) is 0 Å². The van der Waals surface area contributed by atoms with Gasteiger partial charge in [0.15, 0.2) is 0 Å². The molecule has 0 radical (unpaired) electrons. The normalized spacial score (nSPS) is 11.8. The average Bonchev–Trinajstić information content (AvgIpc) is 3.25. The zero-order valence-corrected chi connectivity index (χ0v) is 14.0. The minimum absolute atomic E-state index is 0.930. The van der Waals surface area contributed by atoms with Gasteiger partial charge in [0.25, 0.3) is 0 Å². The molecule has 122 valence electrons. The molecular weight excluding hydrogens is 318 g/mol. The Morgan fingerprint density at radius 1 is 0.577 bits per heavy atom. The Morgan fingerprint density at radius 2 is 1.38 bits per heavy atom. The molecule has 0 unspecified atom stereocenters. The van der Waals surface area contributed by atoms with E-state index in [0.717, 1.165) is 38.4 Å². The number of fused-ring (bicyclic) bond motifs is 7. The van der Waals surface area contributed by atoms with Crippen LogP contribution < -0.4 is 0 Å². The first-order chi connectivity index (χ1) is 12.9. The highest BCUT2D eigenvalue weighted by Gasteiger charge is 2.14. The number of hydrogen-bond donors (Lipinski definition) is 1. The van der Waals surface area contributed by atoms with Gasteiger partial charge in [-0.2, -0.15) is 0 Å². The van der Waals surface area contributed by atoms with Gasteiger partial charge in [0.05, 0.1) is 10.9 Å². The molecule has 2 heterocycles. The lowest BCUT2D eigenvalue weighted by molar-refractivity contribution is 0.673. The Kier molecular flexibility index (Phi) is 2.64. The highest BCUT2D eigenvalue weighted by molar-refractivity contribution is 6.23. The van der Waals surface area contributed by atoms with Crippen LogP contribution >= 0.6 is 0 Å². The van der Waals surface area contributed by atoms with E-state index >= 15 is 0 Å². The lowest BCUT2D eigenvalue weighted by Gasteiger charge is -2.00. The summed E-state index contributed by atoms with van der Waals surface area (Å²) in [6, 6.07) is 29.6. The van der Waals surface area contributed by atoms with Crippen LogP contribution in [0.5, 0.6) is 0 Å². The van der Waals surface area contributed by atoms with Gasteiger partial charge >= 0.3 is 0 Å². The molecule has 0 aliphatic heterocycles. The molecule has 0 bridgehead atoms. The summed E-state index contributed by atoms with van der Waals surface area (Å²) in [5.41, 5.74) is 6.51. The monoisotopic (exact) mass is 333 g/mol. The molecule has 6 aromatic rings. The first-order valence-corrected chi connectivity index (χ1v) is 8.79. The van der Waals surface area contributed by atoms with Gasteiger partial charge in [0.1, 0.15) is 11.2 Å². The topological polar surface area (TPSA) is 28.9 Å². The third-order valence-electron chi connectivity index (χ3n) is 5.21. The van der Waals surface area contributed by atoms with Crippen molar-refractivity contribution >= 4 is 43.7 Å². The molecule has 0 spiro atoms. The fraction of sp³-hybridized carbons (Fsp3) is 0. The predicted octanol–water partition coefficient (Wildman–Crippen LogP) is 6.89. The van der Waals surface area contributed by atoms with E-state index in [1.54, 1.807) is 0 Å². The highest BCUT2D eigenvalue weighted by Crippen LogP contribution is 2.38. The standard InChI is InChI=1S/C24H15NO/c1-2-6-15(7-3-1)16-10-11-17-18-12-13-21-23(24(18)26-22(17)14-16)19-8-4-5-9-20(19)25-21/h1-14,25H. The molecule has 2 heteroatoms. The number of aromatic amines is 1. The number of para-hydroxylation sites is 1. The number of nitrogens with one attached hydrogen (secondary N) is 1. The summed E-state index contributed by atoms with van der Waals surface area (Å²) < 4.78 is 6.37. The van der Waals surface area contributed by atoms with E-state index in [2.05, 4.69) is 83.8 Å². The second-order valence-electron chi connectivity index (χ2n) is 6.71. The van der Waals surface area contributed by atoms with Gasteiger partial charge < -0.3 is 9.40 Å². The van der Waals surface area contributed by atoms with Crippen LogP contribution in [-0.2, 0) is 0 Å². The summed E-state index contributed by atoms with van der Waals surface area (Å²) in [6.45, 7) is 0. The molecule has 0 aliphatic carbocycles. The molecule has 4 aromatic carbocycles. The smallest absolute Gasteiger partial charge is 0.145 e. The maximum Gasteiger partial charge on any atom is 0.145 e. The van der Waals surface area contributed by atoms with Crippen LogP contribution in [0.1, 0.15) is 0 Å². The molecule has 1 N–H and O–H groups in total. The first-order valence-electron chi connectivity index (χ1n) is 8.79. The zero-order chi connectivity index (χ0) is 17.1.